The summed E-state index contributed by atoms with van der Waals surface area (Å²) in [4.78, 5) is 2.55. The van der Waals surface area contributed by atoms with E-state index in [4.69, 9.17) is 4.74 Å². The van der Waals surface area contributed by atoms with E-state index in [1.165, 1.54) is 26.1 Å². The van der Waals surface area contributed by atoms with Crippen LogP contribution in [0.2, 0.25) is 0 Å². The predicted molar refractivity (Wildman–Crippen MR) is 49.1 cm³/mol. The third-order valence-corrected chi connectivity index (χ3v) is 3.33. The standard InChI is InChI=1S/C10H19NO/c1-3-11-6-8-5-9(7-11)10(8)12-4-2/h8-10H,3-7H2,1-2H3. The average molecular weight is 169 g/mol. The van der Waals surface area contributed by atoms with Gasteiger partial charge in [-0.25, -0.2) is 0 Å². The average Bonchev–Trinajstić information content (AvgIpc) is 2.14. The molecule has 3 aliphatic rings. The first-order chi connectivity index (χ1) is 5.85. The number of hydrogen-bond acceptors (Lipinski definition) is 2. The summed E-state index contributed by atoms with van der Waals surface area (Å²) in [5.74, 6) is 1.70. The molecule has 0 aromatic rings. The summed E-state index contributed by atoms with van der Waals surface area (Å²) in [6.45, 7) is 9.01. The van der Waals surface area contributed by atoms with Gasteiger partial charge in [0, 0.05) is 19.7 Å². The van der Waals surface area contributed by atoms with E-state index in [0.29, 0.717) is 6.10 Å². The molecule has 2 aliphatic heterocycles. The summed E-state index contributed by atoms with van der Waals surface area (Å²) < 4.78 is 5.71. The van der Waals surface area contributed by atoms with Crippen molar-refractivity contribution in [1.82, 2.24) is 4.90 Å². The Hall–Kier alpha value is -0.0800. The van der Waals surface area contributed by atoms with Crippen LogP contribution in [-0.2, 0) is 4.74 Å². The summed E-state index contributed by atoms with van der Waals surface area (Å²) in [7, 11) is 0. The minimum Gasteiger partial charge on any atom is -0.378 e. The van der Waals surface area contributed by atoms with E-state index in [-0.39, 0.29) is 0 Å². The Bertz CT molecular complexity index is 148. The van der Waals surface area contributed by atoms with Crippen LogP contribution in [-0.4, -0.2) is 37.2 Å². The van der Waals surface area contributed by atoms with Gasteiger partial charge in [-0.3, -0.25) is 0 Å². The first-order valence-electron chi connectivity index (χ1n) is 5.19. The Morgan fingerprint density at radius 2 is 1.92 bits per heavy atom. The lowest BCUT2D eigenvalue weighted by Gasteiger charge is -2.53. The first-order valence-corrected chi connectivity index (χ1v) is 5.19. The minimum absolute atomic E-state index is 0.609. The number of piperidine rings is 2. The zero-order chi connectivity index (χ0) is 8.55. The molecule has 0 radical (unpaired) electrons. The molecule has 1 aliphatic carbocycles. The Kier molecular flexibility index (Phi) is 2.37. The van der Waals surface area contributed by atoms with E-state index in [9.17, 15) is 0 Å². The Morgan fingerprint density at radius 1 is 1.25 bits per heavy atom. The van der Waals surface area contributed by atoms with E-state index in [0.717, 1.165) is 18.4 Å². The van der Waals surface area contributed by atoms with Crippen LogP contribution in [0.4, 0.5) is 0 Å². The minimum atomic E-state index is 0.609. The van der Waals surface area contributed by atoms with Gasteiger partial charge in [-0.05, 0) is 31.7 Å². The van der Waals surface area contributed by atoms with Crippen molar-refractivity contribution in [2.75, 3.05) is 26.2 Å². The second kappa shape index (κ2) is 3.35. The van der Waals surface area contributed by atoms with E-state index in [1.807, 2.05) is 0 Å². The maximum absolute atomic E-state index is 5.71. The molecule has 2 unspecified atom stereocenters. The molecule has 2 saturated heterocycles. The lowest BCUT2D eigenvalue weighted by molar-refractivity contribution is -0.139. The molecule has 2 heteroatoms. The Balaban J connectivity index is 1.85. The van der Waals surface area contributed by atoms with Crippen LogP contribution >= 0.6 is 0 Å². The summed E-state index contributed by atoms with van der Waals surface area (Å²) in [6.07, 6.45) is 2.03. The fourth-order valence-corrected chi connectivity index (χ4v) is 2.66. The fraction of sp³-hybridized carbons (Fsp3) is 1.00. The van der Waals surface area contributed by atoms with Gasteiger partial charge in [0.15, 0.2) is 0 Å². The van der Waals surface area contributed by atoms with E-state index in [2.05, 4.69) is 18.7 Å². The van der Waals surface area contributed by atoms with Crippen LogP contribution in [0.1, 0.15) is 20.3 Å². The SMILES string of the molecule is CCOC1C2CC1CN(CC)C2. The van der Waals surface area contributed by atoms with Gasteiger partial charge in [-0.15, -0.1) is 0 Å². The van der Waals surface area contributed by atoms with Gasteiger partial charge in [-0.1, -0.05) is 6.92 Å². The lowest BCUT2D eigenvalue weighted by atomic mass is 9.68. The number of hydrogen-bond donors (Lipinski definition) is 0. The number of rotatable bonds is 3. The van der Waals surface area contributed by atoms with E-state index < -0.39 is 0 Å². The molecule has 0 N–H and O–H groups in total. The van der Waals surface area contributed by atoms with Crippen LogP contribution in [0.5, 0.6) is 0 Å². The van der Waals surface area contributed by atoms with Crippen LogP contribution in [0.25, 0.3) is 0 Å². The highest BCUT2D eigenvalue weighted by molar-refractivity contribution is 4.97. The van der Waals surface area contributed by atoms with Crippen LogP contribution in [0, 0.1) is 11.8 Å². The highest BCUT2D eigenvalue weighted by Crippen LogP contribution is 2.41. The van der Waals surface area contributed by atoms with Gasteiger partial charge in [-0.2, -0.15) is 0 Å². The van der Waals surface area contributed by atoms with Crippen molar-refractivity contribution in [3.8, 4) is 0 Å². The highest BCUT2D eigenvalue weighted by Gasteiger charge is 2.46. The Morgan fingerprint density at radius 3 is 2.42 bits per heavy atom. The summed E-state index contributed by atoms with van der Waals surface area (Å²) in [6, 6.07) is 0. The summed E-state index contributed by atoms with van der Waals surface area (Å²) >= 11 is 0. The van der Waals surface area contributed by atoms with Crippen molar-refractivity contribution >= 4 is 0 Å². The summed E-state index contributed by atoms with van der Waals surface area (Å²) in [5.41, 5.74) is 0. The predicted octanol–water partition coefficient (Wildman–Crippen LogP) is 1.36. The van der Waals surface area contributed by atoms with Gasteiger partial charge >= 0.3 is 0 Å². The van der Waals surface area contributed by atoms with Gasteiger partial charge in [0.2, 0.25) is 0 Å². The maximum Gasteiger partial charge on any atom is 0.0655 e. The normalized spacial score (nSPS) is 41.0. The maximum atomic E-state index is 5.71. The monoisotopic (exact) mass is 169 g/mol. The molecule has 0 amide bonds. The van der Waals surface area contributed by atoms with Gasteiger partial charge in [0.05, 0.1) is 6.10 Å². The van der Waals surface area contributed by atoms with Crippen molar-refractivity contribution in [3.63, 3.8) is 0 Å². The molecule has 0 aromatic carbocycles. The quantitative estimate of drug-likeness (QED) is 0.632. The molecule has 0 spiro atoms. The molecule has 70 valence electrons. The summed E-state index contributed by atoms with van der Waals surface area (Å²) in [5, 5.41) is 0. The molecular formula is C10H19NO. The smallest absolute Gasteiger partial charge is 0.0655 e. The van der Waals surface area contributed by atoms with E-state index in [1.54, 1.807) is 0 Å². The van der Waals surface area contributed by atoms with Crippen molar-refractivity contribution in [1.29, 1.82) is 0 Å². The van der Waals surface area contributed by atoms with Crippen molar-refractivity contribution in [3.05, 3.63) is 0 Å². The number of nitrogens with zero attached hydrogens (tertiary/aromatic N) is 1. The molecule has 1 saturated carbocycles. The largest absolute Gasteiger partial charge is 0.378 e. The molecular weight excluding hydrogens is 150 g/mol. The molecule has 2 nitrogen and oxygen atoms in total. The number of fused-ring (bicyclic) bond motifs is 2. The van der Waals surface area contributed by atoms with Crippen LogP contribution in [0.15, 0.2) is 0 Å². The molecule has 2 heterocycles. The molecule has 2 atom stereocenters. The van der Waals surface area contributed by atoms with Crippen molar-refractivity contribution < 1.29 is 4.74 Å². The van der Waals surface area contributed by atoms with E-state index >= 15 is 0 Å². The lowest BCUT2D eigenvalue weighted by Crippen LogP contribution is -2.59. The molecule has 12 heavy (non-hydrogen) atoms. The second-order valence-electron chi connectivity index (χ2n) is 4.03. The van der Waals surface area contributed by atoms with Crippen molar-refractivity contribution in [2.24, 2.45) is 11.8 Å². The van der Waals surface area contributed by atoms with Crippen LogP contribution < -0.4 is 0 Å². The van der Waals surface area contributed by atoms with Gasteiger partial charge in [0.1, 0.15) is 0 Å². The zero-order valence-corrected chi connectivity index (χ0v) is 8.12. The molecule has 0 aromatic heterocycles. The molecule has 3 fully saturated rings. The third kappa shape index (κ3) is 1.27. The van der Waals surface area contributed by atoms with Gasteiger partial charge < -0.3 is 9.64 Å². The third-order valence-electron chi connectivity index (χ3n) is 3.33. The topological polar surface area (TPSA) is 12.5 Å². The Labute approximate surface area is 74.9 Å². The second-order valence-corrected chi connectivity index (χ2v) is 4.03. The molecule has 2 bridgehead atoms. The number of ether oxygens (including phenoxy) is 1. The zero-order valence-electron chi connectivity index (χ0n) is 8.12. The fourth-order valence-electron chi connectivity index (χ4n) is 2.66. The van der Waals surface area contributed by atoms with Gasteiger partial charge in [0.25, 0.3) is 0 Å². The highest BCUT2D eigenvalue weighted by atomic mass is 16.5. The molecule has 3 rings (SSSR count). The van der Waals surface area contributed by atoms with Crippen molar-refractivity contribution in [2.45, 2.75) is 26.4 Å². The first kappa shape index (κ1) is 8.52. The van der Waals surface area contributed by atoms with Crippen LogP contribution in [0.3, 0.4) is 0 Å².